The Labute approximate surface area is 142 Å². The lowest BCUT2D eigenvalue weighted by molar-refractivity contribution is 0.0519. The number of carbonyl (C=O) groups is 1. The van der Waals surface area contributed by atoms with E-state index in [4.69, 9.17) is 4.74 Å². The number of urea groups is 1. The Balaban J connectivity index is 1.78. The third kappa shape index (κ3) is 2.24. The molecule has 2 atom stereocenters. The van der Waals surface area contributed by atoms with Crippen molar-refractivity contribution in [3.8, 4) is 5.75 Å². The first-order chi connectivity index (χ1) is 11.7. The first-order valence-corrected chi connectivity index (χ1v) is 8.28. The smallest absolute Gasteiger partial charge is 0.341 e. The third-order valence-electron chi connectivity index (χ3n) is 4.85. The van der Waals surface area contributed by atoms with Crippen LogP contribution >= 0.6 is 0 Å². The largest absolute Gasteiger partial charge is 0.497 e. The fourth-order valence-electron chi connectivity index (χ4n) is 3.63. The minimum Gasteiger partial charge on any atom is -0.497 e. The molecule has 0 unspecified atom stereocenters. The molecule has 0 bridgehead atoms. The Morgan fingerprint density at radius 3 is 2.42 bits per heavy atom. The molecular formula is C19H21N3O2. The van der Waals surface area contributed by atoms with Gasteiger partial charge >= 0.3 is 6.03 Å². The highest BCUT2D eigenvalue weighted by Crippen LogP contribution is 2.42. The van der Waals surface area contributed by atoms with Crippen molar-refractivity contribution in [1.82, 2.24) is 10.0 Å². The molecule has 0 aromatic heterocycles. The summed E-state index contributed by atoms with van der Waals surface area (Å²) in [5.41, 5.74) is 2.01. The Bertz CT molecular complexity index is 732. The van der Waals surface area contributed by atoms with E-state index in [1.54, 1.807) is 7.11 Å². The van der Waals surface area contributed by atoms with Gasteiger partial charge in [0.1, 0.15) is 11.9 Å². The number of amides is 2. The molecule has 0 saturated carbocycles. The van der Waals surface area contributed by atoms with E-state index in [1.165, 1.54) is 0 Å². The molecule has 24 heavy (non-hydrogen) atoms. The Hall–Kier alpha value is -2.53. The lowest BCUT2D eigenvalue weighted by Gasteiger charge is -2.28. The number of hydrogen-bond donors (Lipinski definition) is 0. The van der Waals surface area contributed by atoms with E-state index in [0.29, 0.717) is 0 Å². The molecule has 0 radical (unpaired) electrons. The average molecular weight is 323 g/mol. The van der Waals surface area contributed by atoms with Crippen LogP contribution in [0.5, 0.6) is 5.75 Å². The van der Waals surface area contributed by atoms with Gasteiger partial charge < -0.3 is 4.74 Å². The lowest BCUT2D eigenvalue weighted by atomic mass is 10.1. The number of rotatable bonds is 3. The van der Waals surface area contributed by atoms with Crippen LogP contribution in [0.3, 0.4) is 0 Å². The molecule has 124 valence electrons. The SMILES string of the molecule is COc1ccc([C@@H]2N(c3ccccc3)C(=O)N3[C@@H](C)CCN23)cc1. The molecule has 0 spiro atoms. The zero-order chi connectivity index (χ0) is 16.7. The molecule has 2 aliphatic heterocycles. The van der Waals surface area contributed by atoms with Gasteiger partial charge in [0.05, 0.1) is 7.11 Å². The number of ether oxygens (including phenoxy) is 1. The number of nitrogens with zero attached hydrogens (tertiary/aromatic N) is 3. The fourth-order valence-corrected chi connectivity index (χ4v) is 3.63. The standard InChI is InChI=1S/C19H21N3O2/c1-14-12-13-20-18(15-8-10-17(24-2)11-9-15)21(19(23)22(14)20)16-6-4-3-5-7-16/h3-11,14,18H,12-13H2,1-2H3/t14-,18-/m0/s1. The molecule has 0 aliphatic carbocycles. The van der Waals surface area contributed by atoms with Crippen LogP contribution in [0.1, 0.15) is 25.1 Å². The van der Waals surface area contributed by atoms with E-state index in [-0.39, 0.29) is 18.2 Å². The van der Waals surface area contributed by atoms with Gasteiger partial charge in [0, 0.05) is 18.3 Å². The number of methoxy groups -OCH3 is 1. The van der Waals surface area contributed by atoms with E-state index in [1.807, 2.05) is 64.5 Å². The maximum Gasteiger partial charge on any atom is 0.341 e. The first kappa shape index (κ1) is 15.0. The quantitative estimate of drug-likeness (QED) is 0.865. The topological polar surface area (TPSA) is 36.0 Å². The molecule has 5 heteroatoms. The highest BCUT2D eigenvalue weighted by Gasteiger charge is 2.50. The van der Waals surface area contributed by atoms with Crippen LogP contribution in [0.25, 0.3) is 0 Å². The molecule has 2 amide bonds. The van der Waals surface area contributed by atoms with E-state index in [9.17, 15) is 4.79 Å². The minimum atomic E-state index is -0.115. The third-order valence-corrected chi connectivity index (χ3v) is 4.85. The predicted octanol–water partition coefficient (Wildman–Crippen LogP) is 3.65. The van der Waals surface area contributed by atoms with Crippen LogP contribution in [-0.4, -0.2) is 35.7 Å². The second-order valence-corrected chi connectivity index (χ2v) is 6.28. The summed E-state index contributed by atoms with van der Waals surface area (Å²) in [4.78, 5) is 15.0. The zero-order valence-corrected chi connectivity index (χ0v) is 13.9. The van der Waals surface area contributed by atoms with E-state index >= 15 is 0 Å². The van der Waals surface area contributed by atoms with E-state index < -0.39 is 0 Å². The van der Waals surface area contributed by atoms with Gasteiger partial charge in [-0.05, 0) is 43.2 Å². The first-order valence-electron chi connectivity index (χ1n) is 8.28. The van der Waals surface area contributed by atoms with Crippen molar-refractivity contribution in [3.05, 3.63) is 60.2 Å². The van der Waals surface area contributed by atoms with Gasteiger partial charge in [-0.1, -0.05) is 30.3 Å². The molecule has 5 nitrogen and oxygen atoms in total. The summed E-state index contributed by atoms with van der Waals surface area (Å²) in [6, 6.07) is 18.1. The van der Waals surface area contributed by atoms with Gasteiger partial charge in [-0.3, -0.25) is 9.91 Å². The summed E-state index contributed by atoms with van der Waals surface area (Å²) < 4.78 is 5.26. The second kappa shape index (κ2) is 5.83. The Kier molecular flexibility index (Phi) is 3.65. The van der Waals surface area contributed by atoms with Gasteiger partial charge in [0.25, 0.3) is 0 Å². The summed E-state index contributed by atoms with van der Waals surface area (Å²) in [6.07, 6.45) is 0.886. The van der Waals surface area contributed by atoms with Crippen molar-refractivity contribution >= 4 is 11.7 Å². The molecule has 2 aromatic carbocycles. The average Bonchev–Trinajstić information content (AvgIpc) is 3.14. The number of hydrazine groups is 1. The predicted molar refractivity (Wildman–Crippen MR) is 92.7 cm³/mol. The van der Waals surface area contributed by atoms with Crippen LogP contribution in [0.15, 0.2) is 54.6 Å². The molecule has 0 N–H and O–H groups in total. The number of anilines is 1. The van der Waals surface area contributed by atoms with Crippen molar-refractivity contribution < 1.29 is 9.53 Å². The van der Waals surface area contributed by atoms with Gasteiger partial charge in [-0.2, -0.15) is 5.01 Å². The highest BCUT2D eigenvalue weighted by molar-refractivity contribution is 5.94. The van der Waals surface area contributed by atoms with Crippen molar-refractivity contribution in [1.29, 1.82) is 0 Å². The van der Waals surface area contributed by atoms with Crippen LogP contribution in [-0.2, 0) is 0 Å². The number of hydrogen-bond acceptors (Lipinski definition) is 3. The van der Waals surface area contributed by atoms with Crippen molar-refractivity contribution in [2.75, 3.05) is 18.6 Å². The number of carbonyl (C=O) groups excluding carboxylic acids is 1. The Morgan fingerprint density at radius 2 is 1.75 bits per heavy atom. The molecule has 2 heterocycles. The Morgan fingerprint density at radius 1 is 1.04 bits per heavy atom. The van der Waals surface area contributed by atoms with Crippen LogP contribution < -0.4 is 9.64 Å². The maximum absolute atomic E-state index is 13.1. The van der Waals surface area contributed by atoms with Crippen molar-refractivity contribution in [3.63, 3.8) is 0 Å². The number of fused-ring (bicyclic) bond motifs is 1. The van der Waals surface area contributed by atoms with Gasteiger partial charge in [-0.25, -0.2) is 4.79 Å². The van der Waals surface area contributed by atoms with E-state index in [0.717, 1.165) is 30.0 Å². The number of para-hydroxylation sites is 1. The molecule has 2 aromatic rings. The molecule has 4 rings (SSSR count). The van der Waals surface area contributed by atoms with Crippen molar-refractivity contribution in [2.45, 2.75) is 25.6 Å². The van der Waals surface area contributed by atoms with E-state index in [2.05, 4.69) is 11.9 Å². The monoisotopic (exact) mass is 323 g/mol. The van der Waals surface area contributed by atoms with Crippen LogP contribution in [0, 0.1) is 0 Å². The summed E-state index contributed by atoms with van der Waals surface area (Å²) in [5, 5.41) is 4.09. The van der Waals surface area contributed by atoms with Gasteiger partial charge in [0.15, 0.2) is 0 Å². The summed E-state index contributed by atoms with van der Waals surface area (Å²) in [7, 11) is 1.66. The van der Waals surface area contributed by atoms with Gasteiger partial charge in [-0.15, -0.1) is 0 Å². The van der Waals surface area contributed by atoms with Gasteiger partial charge in [0.2, 0.25) is 0 Å². The summed E-state index contributed by atoms with van der Waals surface area (Å²) in [5.74, 6) is 0.820. The fraction of sp³-hybridized carbons (Fsp3) is 0.316. The van der Waals surface area contributed by atoms with Crippen LogP contribution in [0.2, 0.25) is 0 Å². The summed E-state index contributed by atoms with van der Waals surface area (Å²) in [6.45, 7) is 2.99. The summed E-state index contributed by atoms with van der Waals surface area (Å²) >= 11 is 0. The molecule has 2 saturated heterocycles. The van der Waals surface area contributed by atoms with Crippen LogP contribution in [0.4, 0.5) is 10.5 Å². The lowest BCUT2D eigenvalue weighted by Crippen LogP contribution is -2.37. The second-order valence-electron chi connectivity index (χ2n) is 6.28. The minimum absolute atomic E-state index is 0.0482. The van der Waals surface area contributed by atoms with Crippen molar-refractivity contribution in [2.24, 2.45) is 0 Å². The number of benzene rings is 2. The molecule has 2 aliphatic rings. The highest BCUT2D eigenvalue weighted by atomic mass is 16.5. The maximum atomic E-state index is 13.1. The zero-order valence-electron chi connectivity index (χ0n) is 13.9. The normalized spacial score (nSPS) is 23.7. The molecular weight excluding hydrogens is 302 g/mol. The molecule has 2 fully saturated rings.